The number of aliphatic hydroxyl groups is 1. The molecule has 1 heterocycles. The second-order valence-corrected chi connectivity index (χ2v) is 11.0. The molecule has 1 aromatic rings. The number of hydrogen-bond donors (Lipinski definition) is 1. The SMILES string of the molecule is COCOc1c(C(C)(C)C)cc(C(O)C2CC[N-]S2(=O)=O)cc1C(C)(C)C.[Y]. The number of nitrogens with zero attached hydrogens (tertiary/aromatic N) is 1. The molecule has 0 spiro atoms. The molecule has 2 atom stereocenters. The fourth-order valence-corrected chi connectivity index (χ4v) is 4.73. The predicted octanol–water partition coefficient (Wildman–Crippen LogP) is 3.77. The third kappa shape index (κ3) is 5.76. The van der Waals surface area contributed by atoms with Crippen molar-refractivity contribution in [3.05, 3.63) is 33.5 Å². The predicted molar refractivity (Wildman–Crippen MR) is 107 cm³/mol. The summed E-state index contributed by atoms with van der Waals surface area (Å²) in [5.74, 6) is 0.728. The smallest absolute Gasteiger partial charge is 0.188 e. The van der Waals surface area contributed by atoms with E-state index in [-0.39, 0.29) is 56.9 Å². The van der Waals surface area contributed by atoms with Gasteiger partial charge in [0.15, 0.2) is 6.79 Å². The minimum absolute atomic E-state index is 0. The molecule has 0 aliphatic carbocycles. The normalized spacial score (nSPS) is 20.5. The molecular formula is C20H32NO5SY-. The zero-order chi connectivity index (χ0) is 20.6. The third-order valence-corrected chi connectivity index (χ3v) is 6.61. The fourth-order valence-electron chi connectivity index (χ4n) is 3.30. The average Bonchev–Trinajstić information content (AvgIpc) is 2.88. The van der Waals surface area contributed by atoms with Crippen molar-refractivity contribution in [2.24, 2.45) is 0 Å². The zero-order valence-corrected chi connectivity index (χ0v) is 21.6. The number of hydrogen-bond acceptors (Lipinski definition) is 5. The van der Waals surface area contributed by atoms with Crippen LogP contribution in [0.1, 0.15) is 70.8 Å². The van der Waals surface area contributed by atoms with Crippen LogP contribution in [0.15, 0.2) is 12.1 Å². The van der Waals surface area contributed by atoms with Crippen LogP contribution in [-0.4, -0.2) is 39.2 Å². The van der Waals surface area contributed by atoms with Crippen molar-refractivity contribution in [2.45, 2.75) is 70.1 Å². The van der Waals surface area contributed by atoms with Gasteiger partial charge in [0, 0.05) is 50.9 Å². The Balaban J connectivity index is 0.00000392. The average molecular weight is 487 g/mol. The Morgan fingerprint density at radius 2 is 1.64 bits per heavy atom. The van der Waals surface area contributed by atoms with Gasteiger partial charge in [0.25, 0.3) is 0 Å². The van der Waals surface area contributed by atoms with Crippen molar-refractivity contribution in [3.8, 4) is 5.75 Å². The maximum atomic E-state index is 12.2. The van der Waals surface area contributed by atoms with Crippen LogP contribution in [0, 0.1) is 0 Å². The Morgan fingerprint density at radius 1 is 1.14 bits per heavy atom. The number of rotatable bonds is 5. The van der Waals surface area contributed by atoms with E-state index in [1.54, 1.807) is 7.11 Å². The van der Waals surface area contributed by atoms with E-state index in [0.29, 0.717) is 12.0 Å². The van der Waals surface area contributed by atoms with Gasteiger partial charge in [-0.3, -0.25) is 0 Å². The molecule has 2 rings (SSSR count). The largest absolute Gasteiger partial charge is 0.549 e. The number of benzene rings is 1. The summed E-state index contributed by atoms with van der Waals surface area (Å²) < 4.78 is 39.1. The van der Waals surface area contributed by atoms with Crippen molar-refractivity contribution in [1.82, 2.24) is 0 Å². The summed E-state index contributed by atoms with van der Waals surface area (Å²) in [5, 5.41) is 10.00. The van der Waals surface area contributed by atoms with Crippen LogP contribution in [0.4, 0.5) is 0 Å². The van der Waals surface area contributed by atoms with Gasteiger partial charge in [-0.25, -0.2) is 8.42 Å². The van der Waals surface area contributed by atoms with Crippen molar-refractivity contribution < 1.29 is 55.7 Å². The van der Waals surface area contributed by atoms with Gasteiger partial charge in [0.05, 0.1) is 21.4 Å². The Bertz CT molecular complexity index is 746. The molecule has 1 fully saturated rings. The van der Waals surface area contributed by atoms with Gasteiger partial charge in [0.2, 0.25) is 0 Å². The van der Waals surface area contributed by atoms with Crippen molar-refractivity contribution in [3.63, 3.8) is 0 Å². The monoisotopic (exact) mass is 487 g/mol. The maximum Gasteiger partial charge on any atom is 0.188 e. The summed E-state index contributed by atoms with van der Waals surface area (Å²) in [6, 6.07) is 3.72. The van der Waals surface area contributed by atoms with Crippen LogP contribution >= 0.6 is 0 Å². The molecule has 157 valence electrons. The quantitative estimate of drug-likeness (QED) is 0.639. The zero-order valence-electron chi connectivity index (χ0n) is 17.9. The van der Waals surface area contributed by atoms with E-state index in [4.69, 9.17) is 9.47 Å². The molecule has 1 N–H and O–H groups in total. The minimum Gasteiger partial charge on any atom is -0.549 e. The molecule has 1 radical (unpaired) electrons. The first kappa shape index (κ1) is 26.0. The molecular weight excluding hydrogens is 455 g/mol. The summed E-state index contributed by atoms with van der Waals surface area (Å²) in [5.41, 5.74) is 1.87. The molecule has 8 heteroatoms. The first-order valence-electron chi connectivity index (χ1n) is 9.20. The standard InChI is InChI=1S/C20H32NO5S.Y/c1-19(2,3)14-10-13(17(22)16-8-9-21-27(16,23)24)11-15(20(4,5)6)18(14)26-12-25-7;/h10-11,16-17,22H,8-9,12H2,1-7H3;/q-1;. The molecule has 1 aliphatic rings. The van der Waals surface area contributed by atoms with E-state index in [0.717, 1.165) is 16.9 Å². The van der Waals surface area contributed by atoms with Crippen LogP contribution in [0.3, 0.4) is 0 Å². The first-order chi connectivity index (χ1) is 12.3. The molecule has 2 unspecified atom stereocenters. The topological polar surface area (TPSA) is 86.9 Å². The van der Waals surface area contributed by atoms with Crippen LogP contribution in [0.2, 0.25) is 0 Å². The van der Waals surface area contributed by atoms with E-state index in [9.17, 15) is 13.5 Å². The van der Waals surface area contributed by atoms with Crippen molar-refractivity contribution in [2.75, 3.05) is 20.4 Å². The molecule has 0 bridgehead atoms. The molecule has 1 aromatic carbocycles. The minimum atomic E-state index is -3.63. The maximum absolute atomic E-state index is 12.2. The van der Waals surface area contributed by atoms with Gasteiger partial charge < -0.3 is 19.3 Å². The second kappa shape index (κ2) is 9.40. The van der Waals surface area contributed by atoms with E-state index in [2.05, 4.69) is 46.3 Å². The third-order valence-electron chi connectivity index (χ3n) is 4.81. The molecule has 1 aliphatic heterocycles. The van der Waals surface area contributed by atoms with Crippen LogP contribution in [0.25, 0.3) is 4.72 Å². The van der Waals surface area contributed by atoms with Gasteiger partial charge in [-0.15, -0.1) is 6.54 Å². The van der Waals surface area contributed by atoms with Crippen LogP contribution < -0.4 is 4.74 Å². The fraction of sp³-hybridized carbons (Fsp3) is 0.700. The van der Waals surface area contributed by atoms with E-state index < -0.39 is 21.4 Å². The summed E-state index contributed by atoms with van der Waals surface area (Å²) in [4.78, 5) is 0. The van der Waals surface area contributed by atoms with Gasteiger partial charge >= 0.3 is 0 Å². The molecule has 0 saturated carbocycles. The van der Waals surface area contributed by atoms with Gasteiger partial charge in [-0.05, 0) is 28.5 Å². The second-order valence-electron chi connectivity index (χ2n) is 9.14. The molecule has 1 saturated heterocycles. The number of sulfonamides is 1. The van der Waals surface area contributed by atoms with E-state index in [1.807, 2.05) is 12.1 Å². The molecule has 0 aromatic heterocycles. The van der Waals surface area contributed by atoms with Gasteiger partial charge in [-0.2, -0.15) is 0 Å². The Hall–Kier alpha value is -0.0461. The van der Waals surface area contributed by atoms with Crippen molar-refractivity contribution >= 4 is 10.0 Å². The number of ether oxygens (including phenoxy) is 2. The Morgan fingerprint density at radius 3 is 2.00 bits per heavy atom. The van der Waals surface area contributed by atoms with Crippen molar-refractivity contribution in [1.29, 1.82) is 0 Å². The van der Waals surface area contributed by atoms with E-state index in [1.165, 1.54) is 0 Å². The molecule has 28 heavy (non-hydrogen) atoms. The summed E-state index contributed by atoms with van der Waals surface area (Å²) in [6.45, 7) is 12.7. The van der Waals surface area contributed by atoms with Gasteiger partial charge in [0.1, 0.15) is 5.75 Å². The molecule has 6 nitrogen and oxygen atoms in total. The van der Waals surface area contributed by atoms with Gasteiger partial charge in [-0.1, -0.05) is 48.0 Å². The number of methoxy groups -OCH3 is 1. The Kier molecular flexibility index (Phi) is 8.72. The van der Waals surface area contributed by atoms with E-state index >= 15 is 0 Å². The summed E-state index contributed by atoms with van der Waals surface area (Å²) in [6.07, 6.45) is -0.791. The molecule has 0 amide bonds. The summed E-state index contributed by atoms with van der Waals surface area (Å²) >= 11 is 0. The van der Waals surface area contributed by atoms with Crippen LogP contribution in [-0.2, 0) is 58.3 Å². The number of aliphatic hydroxyl groups excluding tert-OH is 1. The van der Waals surface area contributed by atoms with Crippen LogP contribution in [0.5, 0.6) is 5.75 Å². The first-order valence-corrected chi connectivity index (χ1v) is 10.7. The summed E-state index contributed by atoms with van der Waals surface area (Å²) in [7, 11) is -2.06. The Labute approximate surface area is 194 Å².